The van der Waals surface area contributed by atoms with Crippen molar-refractivity contribution >= 4 is 20.9 Å². The molecule has 0 heterocycles. The molecule has 3 rings (SSSR count). The third kappa shape index (κ3) is 1.34. The summed E-state index contributed by atoms with van der Waals surface area (Å²) in [6.07, 6.45) is 0. The van der Waals surface area contributed by atoms with Crippen LogP contribution < -0.4 is 0 Å². The first kappa shape index (κ1) is 9.46. The van der Waals surface area contributed by atoms with Crippen molar-refractivity contribution < 1.29 is 0 Å². The molecule has 0 N–H and O–H groups in total. The van der Waals surface area contributed by atoms with Crippen LogP contribution in [0.1, 0.15) is 15.1 Å². The van der Waals surface area contributed by atoms with Gasteiger partial charge < -0.3 is 0 Å². The summed E-state index contributed by atoms with van der Waals surface area (Å²) >= 11 is 0.0509. The first-order valence-corrected chi connectivity index (χ1v) is 8.80. The standard InChI is InChI=1S/C14H12Te/c1-15-14-12-8-4-2-6-10(12)11-7-3-5-9-13(11)14/h2-9,14H,1H3. The molecule has 1 aliphatic carbocycles. The maximum absolute atomic E-state index is 2.40. The second-order valence-corrected chi connectivity index (χ2v) is 6.48. The molecule has 0 bridgehead atoms. The summed E-state index contributed by atoms with van der Waals surface area (Å²) in [7, 11) is 0. The predicted molar refractivity (Wildman–Crippen MR) is 65.3 cm³/mol. The minimum absolute atomic E-state index is 0.0509. The van der Waals surface area contributed by atoms with E-state index in [9.17, 15) is 0 Å². The summed E-state index contributed by atoms with van der Waals surface area (Å²) < 4.78 is 0.739. The topological polar surface area (TPSA) is 0 Å². The van der Waals surface area contributed by atoms with Crippen molar-refractivity contribution in [3.8, 4) is 11.1 Å². The Morgan fingerprint density at radius 1 is 0.800 bits per heavy atom. The molecular weight excluding hydrogens is 296 g/mol. The van der Waals surface area contributed by atoms with E-state index in [0.29, 0.717) is 0 Å². The molecule has 0 unspecified atom stereocenters. The fourth-order valence-electron chi connectivity index (χ4n) is 2.36. The molecule has 1 aliphatic rings. The second-order valence-electron chi connectivity index (χ2n) is 3.79. The first-order chi connectivity index (χ1) is 7.42. The van der Waals surface area contributed by atoms with E-state index < -0.39 is 0 Å². The number of hydrogen-bond acceptors (Lipinski definition) is 0. The Labute approximate surface area is 100 Å². The van der Waals surface area contributed by atoms with Gasteiger partial charge in [-0.1, -0.05) is 0 Å². The van der Waals surface area contributed by atoms with Crippen LogP contribution in [0.2, 0.25) is 4.97 Å². The van der Waals surface area contributed by atoms with Gasteiger partial charge >= 0.3 is 101 Å². The monoisotopic (exact) mass is 310 g/mol. The van der Waals surface area contributed by atoms with Gasteiger partial charge in [0.1, 0.15) is 0 Å². The van der Waals surface area contributed by atoms with Crippen LogP contribution in [0.15, 0.2) is 48.5 Å². The third-order valence-corrected chi connectivity index (χ3v) is 5.81. The van der Waals surface area contributed by atoms with Crippen LogP contribution in [0.4, 0.5) is 0 Å². The Balaban J connectivity index is 2.31. The van der Waals surface area contributed by atoms with Crippen molar-refractivity contribution in [2.75, 3.05) is 0 Å². The fourth-order valence-corrected chi connectivity index (χ4v) is 4.99. The summed E-state index contributed by atoms with van der Waals surface area (Å²) in [6.45, 7) is 0. The van der Waals surface area contributed by atoms with E-state index in [0.717, 1.165) is 3.97 Å². The van der Waals surface area contributed by atoms with Gasteiger partial charge in [-0.05, 0) is 0 Å². The molecule has 1 heteroatoms. The molecular formula is C14H12Te. The Morgan fingerprint density at radius 3 is 1.73 bits per heavy atom. The zero-order chi connectivity index (χ0) is 10.3. The molecule has 0 saturated carbocycles. The van der Waals surface area contributed by atoms with E-state index in [1.54, 1.807) is 11.1 Å². The van der Waals surface area contributed by atoms with Gasteiger partial charge in [-0.15, -0.1) is 0 Å². The molecule has 0 aliphatic heterocycles. The summed E-state index contributed by atoms with van der Waals surface area (Å²) in [5, 5.41) is 0. The zero-order valence-electron chi connectivity index (χ0n) is 8.60. The molecule has 0 radical (unpaired) electrons. The summed E-state index contributed by atoms with van der Waals surface area (Å²) in [4.78, 5) is 2.40. The quantitative estimate of drug-likeness (QED) is 0.707. The van der Waals surface area contributed by atoms with Crippen LogP contribution in [-0.2, 0) is 0 Å². The van der Waals surface area contributed by atoms with E-state index in [-0.39, 0.29) is 20.9 Å². The van der Waals surface area contributed by atoms with Crippen molar-refractivity contribution in [2.45, 2.75) is 8.94 Å². The van der Waals surface area contributed by atoms with Crippen molar-refractivity contribution in [3.63, 3.8) is 0 Å². The van der Waals surface area contributed by atoms with Crippen LogP contribution in [0.25, 0.3) is 11.1 Å². The van der Waals surface area contributed by atoms with Crippen molar-refractivity contribution in [1.82, 2.24) is 0 Å². The van der Waals surface area contributed by atoms with Crippen molar-refractivity contribution in [3.05, 3.63) is 59.7 Å². The van der Waals surface area contributed by atoms with Crippen LogP contribution in [0.5, 0.6) is 0 Å². The Morgan fingerprint density at radius 2 is 1.27 bits per heavy atom. The molecule has 15 heavy (non-hydrogen) atoms. The number of rotatable bonds is 1. The van der Waals surface area contributed by atoms with Crippen molar-refractivity contribution in [2.24, 2.45) is 0 Å². The Kier molecular flexibility index (Phi) is 2.31. The second kappa shape index (κ2) is 3.67. The number of fused-ring (bicyclic) bond motifs is 3. The van der Waals surface area contributed by atoms with Crippen LogP contribution in [0, 0.1) is 0 Å². The zero-order valence-corrected chi connectivity index (χ0v) is 10.9. The molecule has 0 spiro atoms. The van der Waals surface area contributed by atoms with Gasteiger partial charge in [-0.25, -0.2) is 0 Å². The molecule has 0 aromatic heterocycles. The van der Waals surface area contributed by atoms with E-state index >= 15 is 0 Å². The molecule has 0 amide bonds. The van der Waals surface area contributed by atoms with E-state index in [1.165, 1.54) is 11.1 Å². The number of hydrogen-bond donors (Lipinski definition) is 0. The van der Waals surface area contributed by atoms with Gasteiger partial charge in [0, 0.05) is 0 Å². The van der Waals surface area contributed by atoms with Crippen LogP contribution in [-0.4, -0.2) is 20.9 Å². The molecule has 0 nitrogen and oxygen atoms in total. The summed E-state index contributed by atoms with van der Waals surface area (Å²) in [6, 6.07) is 17.7. The Hall–Kier alpha value is -0.770. The molecule has 2 aromatic rings. The fraction of sp³-hybridized carbons (Fsp3) is 0.143. The average Bonchev–Trinajstić information content (AvgIpc) is 2.63. The molecule has 0 atom stereocenters. The normalized spacial score (nSPS) is 13.7. The molecule has 0 saturated heterocycles. The van der Waals surface area contributed by atoms with Crippen LogP contribution in [0.3, 0.4) is 0 Å². The molecule has 2 aromatic carbocycles. The molecule has 74 valence electrons. The van der Waals surface area contributed by atoms with Crippen LogP contribution >= 0.6 is 0 Å². The maximum atomic E-state index is 2.40. The van der Waals surface area contributed by atoms with E-state index in [4.69, 9.17) is 0 Å². The van der Waals surface area contributed by atoms with Gasteiger partial charge in [0.25, 0.3) is 0 Å². The van der Waals surface area contributed by atoms with Gasteiger partial charge in [-0.3, -0.25) is 0 Å². The predicted octanol–water partition coefficient (Wildman–Crippen LogP) is 3.51. The van der Waals surface area contributed by atoms with Gasteiger partial charge in [-0.2, -0.15) is 0 Å². The van der Waals surface area contributed by atoms with E-state index in [1.807, 2.05) is 0 Å². The van der Waals surface area contributed by atoms with Gasteiger partial charge in [0.2, 0.25) is 0 Å². The van der Waals surface area contributed by atoms with E-state index in [2.05, 4.69) is 53.5 Å². The van der Waals surface area contributed by atoms with Gasteiger partial charge in [0.05, 0.1) is 0 Å². The number of benzene rings is 2. The third-order valence-electron chi connectivity index (χ3n) is 3.01. The summed E-state index contributed by atoms with van der Waals surface area (Å²) in [5.74, 6) is 0. The molecule has 0 fully saturated rings. The van der Waals surface area contributed by atoms with Gasteiger partial charge in [0.15, 0.2) is 0 Å². The average molecular weight is 308 g/mol. The van der Waals surface area contributed by atoms with Crippen molar-refractivity contribution in [1.29, 1.82) is 0 Å². The minimum atomic E-state index is 0.0509. The summed E-state index contributed by atoms with van der Waals surface area (Å²) in [5.41, 5.74) is 6.04. The Bertz CT molecular complexity index is 457. The first-order valence-electron chi connectivity index (χ1n) is 5.13. The SMILES string of the molecule is C[Te]C1c2ccccc2-c2ccccc21.